The van der Waals surface area contributed by atoms with Gasteiger partial charge in [0.25, 0.3) is 0 Å². The molecule has 0 bridgehead atoms. The molecular weight excluding hydrogens is 346 g/mol. The molecule has 1 aliphatic carbocycles. The second kappa shape index (κ2) is 10.8. The number of nitrogens with zero attached hydrogens (tertiary/aromatic N) is 1. The van der Waals surface area contributed by atoms with Crippen LogP contribution in [0.3, 0.4) is 0 Å². The summed E-state index contributed by atoms with van der Waals surface area (Å²) in [7, 11) is 0. The van der Waals surface area contributed by atoms with E-state index >= 15 is 0 Å². The minimum atomic E-state index is -0.365. The topological polar surface area (TPSA) is 32.7 Å². The Morgan fingerprint density at radius 3 is 2.46 bits per heavy atom. The molecule has 1 aromatic carbocycles. The lowest BCUT2D eigenvalue weighted by molar-refractivity contribution is -0.0749. The van der Waals surface area contributed by atoms with Crippen LogP contribution in [-0.4, -0.2) is 48.5 Å². The minimum Gasteiger partial charge on any atom is -0.389 e. The molecule has 2 fully saturated rings. The lowest BCUT2D eigenvalue weighted by atomic mass is 9.75. The zero-order chi connectivity index (χ0) is 19.9. The fourth-order valence-corrected chi connectivity index (χ4v) is 5.21. The first-order valence-electron chi connectivity index (χ1n) is 11.6. The van der Waals surface area contributed by atoms with Crippen LogP contribution in [0.1, 0.15) is 58.4 Å². The van der Waals surface area contributed by atoms with Crippen molar-refractivity contribution in [3.63, 3.8) is 0 Å². The highest BCUT2D eigenvalue weighted by molar-refractivity contribution is 5.15. The Morgan fingerprint density at radius 1 is 1.07 bits per heavy atom. The van der Waals surface area contributed by atoms with Crippen molar-refractivity contribution >= 4 is 0 Å². The van der Waals surface area contributed by atoms with Crippen molar-refractivity contribution in [2.75, 3.05) is 26.2 Å². The maximum atomic E-state index is 10.6. The average Bonchev–Trinajstić information content (AvgIpc) is 2.68. The Labute approximate surface area is 172 Å². The quantitative estimate of drug-likeness (QED) is 0.697. The van der Waals surface area contributed by atoms with Gasteiger partial charge in [-0.3, -0.25) is 0 Å². The van der Waals surface area contributed by atoms with Gasteiger partial charge in [-0.1, -0.05) is 57.5 Å². The number of rotatable bonds is 8. The van der Waals surface area contributed by atoms with E-state index < -0.39 is 0 Å². The van der Waals surface area contributed by atoms with E-state index in [1.54, 1.807) is 0 Å². The molecule has 3 heteroatoms. The second-order valence-corrected chi connectivity index (χ2v) is 9.79. The summed E-state index contributed by atoms with van der Waals surface area (Å²) in [5.74, 6) is 2.85. The molecule has 3 nitrogen and oxygen atoms in total. The van der Waals surface area contributed by atoms with Gasteiger partial charge >= 0.3 is 0 Å². The number of likely N-dealkylation sites (tertiary alicyclic amines) is 1. The van der Waals surface area contributed by atoms with Crippen LogP contribution in [0.25, 0.3) is 0 Å². The predicted molar refractivity (Wildman–Crippen MR) is 116 cm³/mol. The summed E-state index contributed by atoms with van der Waals surface area (Å²) in [6.45, 7) is 10.4. The normalized spacial score (nSPS) is 28.5. The van der Waals surface area contributed by atoms with Gasteiger partial charge in [-0.2, -0.15) is 0 Å². The molecule has 1 heterocycles. The molecule has 0 amide bonds. The molecule has 1 aromatic rings. The summed E-state index contributed by atoms with van der Waals surface area (Å²) in [6.07, 6.45) is 7.37. The SMILES string of the molecule is CC(C)[C@@H]1CC[C@@H](C)C[C@H]1OC[C@H](O)CN1CCC(Cc2ccccc2)CC1. The van der Waals surface area contributed by atoms with Crippen LogP contribution in [0.5, 0.6) is 0 Å². The van der Waals surface area contributed by atoms with Gasteiger partial charge in [0, 0.05) is 6.54 Å². The highest BCUT2D eigenvalue weighted by Gasteiger charge is 2.32. The van der Waals surface area contributed by atoms with Crippen LogP contribution in [0.4, 0.5) is 0 Å². The highest BCUT2D eigenvalue weighted by Crippen LogP contribution is 2.35. The van der Waals surface area contributed by atoms with E-state index in [4.69, 9.17) is 4.74 Å². The Balaban J connectivity index is 1.36. The number of aliphatic hydroxyl groups is 1. The molecule has 4 atom stereocenters. The van der Waals surface area contributed by atoms with E-state index in [0.29, 0.717) is 24.5 Å². The molecule has 1 N–H and O–H groups in total. The number of aliphatic hydroxyl groups excluding tert-OH is 1. The largest absolute Gasteiger partial charge is 0.389 e. The van der Waals surface area contributed by atoms with Gasteiger partial charge in [-0.15, -0.1) is 0 Å². The fraction of sp³-hybridized carbons (Fsp3) is 0.760. The van der Waals surface area contributed by atoms with E-state index in [0.717, 1.165) is 37.9 Å². The summed E-state index contributed by atoms with van der Waals surface area (Å²) in [4.78, 5) is 2.43. The maximum absolute atomic E-state index is 10.6. The van der Waals surface area contributed by atoms with Gasteiger partial charge in [0.2, 0.25) is 0 Å². The minimum absolute atomic E-state index is 0.329. The van der Waals surface area contributed by atoms with Crippen molar-refractivity contribution in [3.8, 4) is 0 Å². The third-order valence-corrected chi connectivity index (χ3v) is 7.01. The molecule has 3 rings (SSSR count). The van der Waals surface area contributed by atoms with Crippen LogP contribution in [0.2, 0.25) is 0 Å². The maximum Gasteiger partial charge on any atom is 0.0900 e. The lowest BCUT2D eigenvalue weighted by Crippen LogP contribution is -2.42. The van der Waals surface area contributed by atoms with Crippen LogP contribution in [0.15, 0.2) is 30.3 Å². The van der Waals surface area contributed by atoms with Gasteiger partial charge in [0.05, 0.1) is 18.8 Å². The van der Waals surface area contributed by atoms with E-state index in [1.165, 1.54) is 37.7 Å². The summed E-state index contributed by atoms with van der Waals surface area (Å²) in [6, 6.07) is 10.8. The predicted octanol–water partition coefficient (Wildman–Crippen LogP) is 4.78. The van der Waals surface area contributed by atoms with E-state index in [2.05, 4.69) is 56.0 Å². The Hall–Kier alpha value is -0.900. The average molecular weight is 388 g/mol. The summed E-state index contributed by atoms with van der Waals surface area (Å²) in [5.41, 5.74) is 1.45. The molecule has 0 aromatic heterocycles. The van der Waals surface area contributed by atoms with Crippen molar-refractivity contribution in [2.45, 2.75) is 71.5 Å². The van der Waals surface area contributed by atoms with Crippen molar-refractivity contribution in [1.82, 2.24) is 4.90 Å². The van der Waals surface area contributed by atoms with Crippen molar-refractivity contribution in [3.05, 3.63) is 35.9 Å². The van der Waals surface area contributed by atoms with Crippen LogP contribution >= 0.6 is 0 Å². The Bertz CT molecular complexity index is 553. The number of β-amino-alcohol motifs (C(OH)–C–C–N with tert-alkyl or cyclic N) is 1. The first kappa shape index (κ1) is 21.8. The van der Waals surface area contributed by atoms with Gasteiger partial charge in [0.1, 0.15) is 0 Å². The molecule has 0 unspecified atom stereocenters. The molecule has 28 heavy (non-hydrogen) atoms. The third-order valence-electron chi connectivity index (χ3n) is 7.01. The molecule has 1 saturated heterocycles. The number of hydrogen-bond acceptors (Lipinski definition) is 3. The zero-order valence-electron chi connectivity index (χ0n) is 18.2. The van der Waals surface area contributed by atoms with Gasteiger partial charge < -0.3 is 14.7 Å². The van der Waals surface area contributed by atoms with Crippen molar-refractivity contribution in [1.29, 1.82) is 0 Å². The van der Waals surface area contributed by atoms with Crippen LogP contribution < -0.4 is 0 Å². The number of benzene rings is 1. The lowest BCUT2D eigenvalue weighted by Gasteiger charge is -2.38. The molecule has 1 saturated carbocycles. The monoisotopic (exact) mass is 387 g/mol. The Morgan fingerprint density at radius 2 is 1.79 bits per heavy atom. The van der Waals surface area contributed by atoms with Crippen LogP contribution in [-0.2, 0) is 11.2 Å². The number of hydrogen-bond donors (Lipinski definition) is 1. The van der Waals surface area contributed by atoms with E-state index in [-0.39, 0.29) is 6.10 Å². The third kappa shape index (κ3) is 6.57. The smallest absolute Gasteiger partial charge is 0.0900 e. The Kier molecular flexibility index (Phi) is 8.37. The van der Waals surface area contributed by atoms with Crippen molar-refractivity contribution in [2.24, 2.45) is 23.7 Å². The van der Waals surface area contributed by atoms with Gasteiger partial charge in [-0.25, -0.2) is 0 Å². The first-order valence-corrected chi connectivity index (χ1v) is 11.6. The van der Waals surface area contributed by atoms with Gasteiger partial charge in [-0.05, 0) is 74.4 Å². The molecule has 0 spiro atoms. The highest BCUT2D eigenvalue weighted by atomic mass is 16.5. The second-order valence-electron chi connectivity index (χ2n) is 9.79. The molecule has 2 aliphatic rings. The van der Waals surface area contributed by atoms with E-state index in [9.17, 15) is 5.11 Å². The summed E-state index contributed by atoms with van der Waals surface area (Å²) < 4.78 is 6.25. The first-order chi connectivity index (χ1) is 13.5. The standard InChI is InChI=1S/C25H41NO2/c1-19(2)24-10-9-20(3)15-25(24)28-18-23(27)17-26-13-11-22(12-14-26)16-21-7-5-4-6-8-21/h4-8,19-20,22-25,27H,9-18H2,1-3H3/t20-,23-,24+,25-/m1/s1. The molecule has 1 aliphatic heterocycles. The van der Waals surface area contributed by atoms with Crippen molar-refractivity contribution < 1.29 is 9.84 Å². The summed E-state index contributed by atoms with van der Waals surface area (Å²) in [5, 5.41) is 10.6. The molecule has 0 radical (unpaired) electrons. The zero-order valence-corrected chi connectivity index (χ0v) is 18.2. The number of piperidine rings is 1. The molecular formula is C25H41NO2. The van der Waals surface area contributed by atoms with E-state index in [1.807, 2.05) is 0 Å². The van der Waals surface area contributed by atoms with Crippen LogP contribution in [0, 0.1) is 23.7 Å². The summed E-state index contributed by atoms with van der Waals surface area (Å²) >= 11 is 0. The molecule has 158 valence electrons. The van der Waals surface area contributed by atoms with Gasteiger partial charge in [0.15, 0.2) is 0 Å². The fourth-order valence-electron chi connectivity index (χ4n) is 5.21. The number of ether oxygens (including phenoxy) is 1.